The second-order valence-electron chi connectivity index (χ2n) is 5.27. The topological polar surface area (TPSA) is 81.1 Å². The van der Waals surface area contributed by atoms with Gasteiger partial charge in [-0.05, 0) is 18.8 Å². The monoisotopic (exact) mass is 258 g/mol. The first-order valence-electron chi connectivity index (χ1n) is 6.18. The van der Waals surface area contributed by atoms with E-state index in [1.54, 1.807) is 25.9 Å². The molecule has 0 aromatic carbocycles. The second-order valence-corrected chi connectivity index (χ2v) is 5.27. The minimum absolute atomic E-state index is 0.176. The summed E-state index contributed by atoms with van der Waals surface area (Å²) in [7, 11) is 3.31. The lowest BCUT2D eigenvalue weighted by Gasteiger charge is -2.35. The molecule has 1 unspecified atom stereocenters. The Morgan fingerprint density at radius 1 is 1.28 bits per heavy atom. The van der Waals surface area contributed by atoms with Crippen LogP contribution in [0.4, 0.5) is 4.79 Å². The SMILES string of the molecule is CC(CN(C)C(=O)N(C)CC1CC(O)C1)C(=O)O. The lowest BCUT2D eigenvalue weighted by molar-refractivity contribution is -0.141. The van der Waals surface area contributed by atoms with Gasteiger partial charge in [0.1, 0.15) is 0 Å². The van der Waals surface area contributed by atoms with Crippen molar-refractivity contribution < 1.29 is 19.8 Å². The summed E-state index contributed by atoms with van der Waals surface area (Å²) in [6.45, 7) is 2.39. The lowest BCUT2D eigenvalue weighted by atomic mass is 9.82. The fourth-order valence-electron chi connectivity index (χ4n) is 2.17. The number of rotatable bonds is 5. The summed E-state index contributed by atoms with van der Waals surface area (Å²) in [6, 6.07) is -0.176. The maximum atomic E-state index is 12.0. The van der Waals surface area contributed by atoms with E-state index in [-0.39, 0.29) is 18.7 Å². The molecule has 0 spiro atoms. The fourth-order valence-corrected chi connectivity index (χ4v) is 2.17. The van der Waals surface area contributed by atoms with Crippen molar-refractivity contribution in [2.45, 2.75) is 25.9 Å². The van der Waals surface area contributed by atoms with Gasteiger partial charge in [-0.1, -0.05) is 6.92 Å². The third kappa shape index (κ3) is 3.87. The zero-order valence-corrected chi connectivity index (χ0v) is 11.2. The smallest absolute Gasteiger partial charge is 0.319 e. The Hall–Kier alpha value is -1.30. The molecule has 0 radical (unpaired) electrons. The van der Waals surface area contributed by atoms with E-state index in [0.29, 0.717) is 12.5 Å². The third-order valence-corrected chi connectivity index (χ3v) is 3.37. The summed E-state index contributed by atoms with van der Waals surface area (Å²) in [6.07, 6.45) is 1.27. The molecule has 6 nitrogen and oxygen atoms in total. The van der Waals surface area contributed by atoms with Crippen molar-refractivity contribution in [2.75, 3.05) is 27.2 Å². The highest BCUT2D eigenvalue weighted by Crippen LogP contribution is 2.27. The lowest BCUT2D eigenvalue weighted by Crippen LogP contribution is -2.45. The Balaban J connectivity index is 2.35. The maximum absolute atomic E-state index is 12.0. The first-order chi connectivity index (χ1) is 8.31. The number of aliphatic carboxylic acids is 1. The van der Waals surface area contributed by atoms with Crippen LogP contribution >= 0.6 is 0 Å². The minimum atomic E-state index is -0.903. The number of carbonyl (C=O) groups is 2. The number of nitrogens with zero attached hydrogens (tertiary/aromatic N) is 2. The second kappa shape index (κ2) is 6.04. The van der Waals surface area contributed by atoms with Gasteiger partial charge in [-0.2, -0.15) is 0 Å². The Kier molecular flexibility index (Phi) is 4.95. The predicted molar refractivity (Wildman–Crippen MR) is 66.2 cm³/mol. The van der Waals surface area contributed by atoms with Crippen LogP contribution in [0, 0.1) is 11.8 Å². The zero-order chi connectivity index (χ0) is 13.9. The number of urea groups is 1. The molecule has 0 aromatic rings. The molecule has 1 aliphatic rings. The van der Waals surface area contributed by atoms with Crippen LogP contribution in [-0.4, -0.2) is 65.3 Å². The van der Waals surface area contributed by atoms with Crippen LogP contribution in [0.15, 0.2) is 0 Å². The Morgan fingerprint density at radius 3 is 2.28 bits per heavy atom. The van der Waals surface area contributed by atoms with Crippen LogP contribution in [0.1, 0.15) is 19.8 Å². The normalized spacial score (nSPS) is 24.0. The van der Waals surface area contributed by atoms with Crippen molar-refractivity contribution in [1.82, 2.24) is 9.80 Å². The van der Waals surface area contributed by atoms with Crippen molar-refractivity contribution in [1.29, 1.82) is 0 Å². The third-order valence-electron chi connectivity index (χ3n) is 3.37. The summed E-state index contributed by atoms with van der Waals surface area (Å²) < 4.78 is 0. The molecule has 1 atom stereocenters. The van der Waals surface area contributed by atoms with Crippen LogP contribution < -0.4 is 0 Å². The van der Waals surface area contributed by atoms with Crippen molar-refractivity contribution in [3.63, 3.8) is 0 Å². The van der Waals surface area contributed by atoms with Crippen LogP contribution in [0.2, 0.25) is 0 Å². The summed E-state index contributed by atoms with van der Waals surface area (Å²) in [5.74, 6) is -1.11. The molecular weight excluding hydrogens is 236 g/mol. The van der Waals surface area contributed by atoms with E-state index in [2.05, 4.69) is 0 Å². The van der Waals surface area contributed by atoms with Crippen LogP contribution in [-0.2, 0) is 4.79 Å². The van der Waals surface area contributed by atoms with Crippen LogP contribution in [0.5, 0.6) is 0 Å². The first-order valence-corrected chi connectivity index (χ1v) is 6.18. The predicted octanol–water partition coefficient (Wildman–Crippen LogP) is 0.462. The molecule has 1 rings (SSSR count). The molecule has 6 heteroatoms. The number of aliphatic hydroxyl groups is 1. The molecule has 1 fully saturated rings. The highest BCUT2D eigenvalue weighted by Gasteiger charge is 2.30. The van der Waals surface area contributed by atoms with E-state index in [4.69, 9.17) is 5.11 Å². The quantitative estimate of drug-likeness (QED) is 0.750. The summed E-state index contributed by atoms with van der Waals surface area (Å²) in [5.41, 5.74) is 0. The maximum Gasteiger partial charge on any atom is 0.319 e. The van der Waals surface area contributed by atoms with E-state index in [9.17, 15) is 14.7 Å². The van der Waals surface area contributed by atoms with Gasteiger partial charge in [0.25, 0.3) is 0 Å². The summed E-state index contributed by atoms with van der Waals surface area (Å²) in [4.78, 5) is 25.7. The number of carboxylic acid groups (broad SMARTS) is 1. The van der Waals surface area contributed by atoms with Gasteiger partial charge in [0.05, 0.1) is 12.0 Å². The van der Waals surface area contributed by atoms with E-state index in [1.165, 1.54) is 4.90 Å². The van der Waals surface area contributed by atoms with Crippen molar-refractivity contribution in [3.05, 3.63) is 0 Å². The standard InChI is InChI=1S/C12H22N2O4/c1-8(11(16)17)6-13(2)12(18)14(3)7-9-4-10(15)5-9/h8-10,15H,4-7H2,1-3H3,(H,16,17). The van der Waals surface area contributed by atoms with Gasteiger partial charge in [-0.25, -0.2) is 4.79 Å². The van der Waals surface area contributed by atoms with E-state index < -0.39 is 11.9 Å². The van der Waals surface area contributed by atoms with E-state index in [0.717, 1.165) is 12.8 Å². The number of amides is 2. The average Bonchev–Trinajstić information content (AvgIpc) is 2.25. The Labute approximate surface area is 107 Å². The number of hydrogen-bond acceptors (Lipinski definition) is 3. The largest absolute Gasteiger partial charge is 0.481 e. The molecule has 2 amide bonds. The van der Waals surface area contributed by atoms with Gasteiger partial charge in [-0.15, -0.1) is 0 Å². The molecule has 0 bridgehead atoms. The highest BCUT2D eigenvalue weighted by molar-refractivity contribution is 5.75. The molecule has 0 saturated heterocycles. The van der Waals surface area contributed by atoms with Crippen molar-refractivity contribution in [2.24, 2.45) is 11.8 Å². The first kappa shape index (κ1) is 14.8. The van der Waals surface area contributed by atoms with Gasteiger partial charge in [0, 0.05) is 27.2 Å². The van der Waals surface area contributed by atoms with Gasteiger partial charge < -0.3 is 20.0 Å². The molecule has 18 heavy (non-hydrogen) atoms. The van der Waals surface area contributed by atoms with Gasteiger partial charge >= 0.3 is 12.0 Å². The molecule has 2 N–H and O–H groups in total. The van der Waals surface area contributed by atoms with Crippen molar-refractivity contribution in [3.8, 4) is 0 Å². The highest BCUT2D eigenvalue weighted by atomic mass is 16.4. The zero-order valence-electron chi connectivity index (χ0n) is 11.2. The van der Waals surface area contributed by atoms with Gasteiger partial charge in [0.15, 0.2) is 0 Å². The Morgan fingerprint density at radius 2 is 1.83 bits per heavy atom. The average molecular weight is 258 g/mol. The number of aliphatic hydroxyl groups excluding tert-OH is 1. The summed E-state index contributed by atoms with van der Waals surface area (Å²) in [5, 5.41) is 18.0. The number of hydrogen-bond donors (Lipinski definition) is 2. The molecule has 1 saturated carbocycles. The molecule has 1 aliphatic carbocycles. The van der Waals surface area contributed by atoms with Crippen LogP contribution in [0.3, 0.4) is 0 Å². The van der Waals surface area contributed by atoms with Crippen molar-refractivity contribution >= 4 is 12.0 Å². The molecule has 0 heterocycles. The molecule has 0 aliphatic heterocycles. The molecular formula is C12H22N2O4. The minimum Gasteiger partial charge on any atom is -0.481 e. The number of carboxylic acids is 1. The van der Waals surface area contributed by atoms with Gasteiger partial charge in [-0.3, -0.25) is 4.79 Å². The van der Waals surface area contributed by atoms with Gasteiger partial charge in [0.2, 0.25) is 0 Å². The van der Waals surface area contributed by atoms with E-state index in [1.807, 2.05) is 0 Å². The van der Waals surface area contributed by atoms with E-state index >= 15 is 0 Å². The number of carbonyl (C=O) groups excluding carboxylic acids is 1. The molecule has 0 aromatic heterocycles. The summed E-state index contributed by atoms with van der Waals surface area (Å²) >= 11 is 0. The molecule has 104 valence electrons. The Bertz CT molecular complexity index is 315. The van der Waals surface area contributed by atoms with Crippen LogP contribution in [0.25, 0.3) is 0 Å². The fraction of sp³-hybridized carbons (Fsp3) is 0.833.